The van der Waals surface area contributed by atoms with Crippen molar-refractivity contribution in [3.63, 3.8) is 0 Å². The maximum atomic E-state index is 12.3. The van der Waals surface area contributed by atoms with Gasteiger partial charge in [-0.1, -0.05) is 6.07 Å². The average Bonchev–Trinajstić information content (AvgIpc) is 3.02. The molecule has 0 aromatic carbocycles. The highest BCUT2D eigenvalue weighted by Crippen LogP contribution is 2.21. The fourth-order valence-corrected chi connectivity index (χ4v) is 4.19. The predicted octanol–water partition coefficient (Wildman–Crippen LogP) is 1.90. The summed E-state index contributed by atoms with van der Waals surface area (Å²) in [5.74, 6) is 0.499. The van der Waals surface area contributed by atoms with Crippen molar-refractivity contribution in [1.82, 2.24) is 24.1 Å². The first-order valence-corrected chi connectivity index (χ1v) is 9.49. The molecule has 1 aliphatic heterocycles. The van der Waals surface area contributed by atoms with Crippen LogP contribution in [0.2, 0.25) is 0 Å². The molecule has 26 heavy (non-hydrogen) atoms. The van der Waals surface area contributed by atoms with Crippen LogP contribution in [0, 0.1) is 5.92 Å². The molecule has 4 heterocycles. The quantitative estimate of drug-likeness (QED) is 0.722. The largest absolute Gasteiger partial charge is 0.307 e. The van der Waals surface area contributed by atoms with Gasteiger partial charge in [0.2, 0.25) is 0 Å². The van der Waals surface area contributed by atoms with Crippen molar-refractivity contribution in [3.8, 4) is 0 Å². The molecule has 3 aromatic heterocycles. The lowest BCUT2D eigenvalue weighted by Gasteiger charge is -2.38. The maximum absolute atomic E-state index is 12.3. The normalized spacial score (nSPS) is 18.0. The average molecular weight is 349 g/mol. The molecule has 1 aliphatic carbocycles. The molecule has 0 spiro atoms. The zero-order chi connectivity index (χ0) is 17.5. The van der Waals surface area contributed by atoms with Gasteiger partial charge in [-0.25, -0.2) is 9.67 Å². The summed E-state index contributed by atoms with van der Waals surface area (Å²) >= 11 is 0. The number of imidazole rings is 1. The summed E-state index contributed by atoms with van der Waals surface area (Å²) in [6, 6.07) is 7.86. The Hall–Kier alpha value is -2.47. The van der Waals surface area contributed by atoms with Crippen molar-refractivity contribution >= 4 is 5.65 Å². The second-order valence-electron chi connectivity index (χ2n) is 7.60. The Balaban J connectivity index is 1.21. The summed E-state index contributed by atoms with van der Waals surface area (Å²) in [5, 5.41) is 4.64. The highest BCUT2D eigenvalue weighted by atomic mass is 16.1. The zero-order valence-corrected chi connectivity index (χ0v) is 14.8. The van der Waals surface area contributed by atoms with Crippen molar-refractivity contribution < 1.29 is 0 Å². The van der Waals surface area contributed by atoms with Crippen molar-refractivity contribution in [2.45, 2.75) is 38.8 Å². The molecule has 0 atom stereocenters. The third-order valence-corrected chi connectivity index (χ3v) is 5.54. The molecule has 2 aliphatic rings. The van der Waals surface area contributed by atoms with Crippen molar-refractivity contribution in [3.05, 3.63) is 64.0 Å². The van der Waals surface area contributed by atoms with Gasteiger partial charge in [-0.05, 0) is 43.4 Å². The molecule has 6 nitrogen and oxygen atoms in total. The zero-order valence-electron chi connectivity index (χ0n) is 14.8. The number of pyridine rings is 1. The van der Waals surface area contributed by atoms with E-state index in [1.807, 2.05) is 30.5 Å². The predicted molar refractivity (Wildman–Crippen MR) is 99.1 cm³/mol. The number of aryl methyl sites for hydroxylation is 2. The van der Waals surface area contributed by atoms with E-state index in [4.69, 9.17) is 0 Å². The number of rotatable bonds is 4. The van der Waals surface area contributed by atoms with Crippen LogP contribution in [-0.4, -0.2) is 37.2 Å². The topological polar surface area (TPSA) is 55.4 Å². The summed E-state index contributed by atoms with van der Waals surface area (Å²) in [7, 11) is 0. The Morgan fingerprint density at radius 1 is 1.15 bits per heavy atom. The maximum Gasteiger partial charge on any atom is 0.267 e. The van der Waals surface area contributed by atoms with Crippen LogP contribution in [0.1, 0.15) is 29.8 Å². The van der Waals surface area contributed by atoms with Crippen LogP contribution in [0.3, 0.4) is 0 Å². The SMILES string of the molecule is O=c1cc2c(nn1CC1CN(Cc3cn4ccccc4n3)C1)CCCC2. The third kappa shape index (κ3) is 2.94. The van der Waals surface area contributed by atoms with Crippen molar-refractivity contribution in [2.24, 2.45) is 5.92 Å². The summed E-state index contributed by atoms with van der Waals surface area (Å²) in [4.78, 5) is 19.4. The lowest BCUT2D eigenvalue weighted by atomic mass is 9.96. The van der Waals surface area contributed by atoms with Gasteiger partial charge in [-0.15, -0.1) is 0 Å². The molecule has 5 rings (SSSR count). The third-order valence-electron chi connectivity index (χ3n) is 5.54. The highest BCUT2D eigenvalue weighted by molar-refractivity contribution is 5.39. The Kier molecular flexibility index (Phi) is 3.85. The van der Waals surface area contributed by atoms with E-state index in [0.29, 0.717) is 5.92 Å². The van der Waals surface area contributed by atoms with E-state index < -0.39 is 0 Å². The van der Waals surface area contributed by atoms with E-state index in [9.17, 15) is 4.79 Å². The molecule has 0 saturated carbocycles. The molecular weight excluding hydrogens is 326 g/mol. The van der Waals surface area contributed by atoms with Gasteiger partial charge in [-0.3, -0.25) is 9.69 Å². The minimum atomic E-state index is 0.0597. The van der Waals surface area contributed by atoms with E-state index in [1.165, 1.54) is 18.4 Å². The van der Waals surface area contributed by atoms with Gasteiger partial charge < -0.3 is 4.40 Å². The second-order valence-corrected chi connectivity index (χ2v) is 7.60. The van der Waals surface area contributed by atoms with Gasteiger partial charge in [0, 0.05) is 44.0 Å². The van der Waals surface area contributed by atoms with Crippen LogP contribution >= 0.6 is 0 Å². The first-order valence-electron chi connectivity index (χ1n) is 9.49. The van der Waals surface area contributed by atoms with Crippen LogP contribution in [0.4, 0.5) is 0 Å². The fourth-order valence-electron chi connectivity index (χ4n) is 4.19. The van der Waals surface area contributed by atoms with E-state index in [2.05, 4.69) is 25.6 Å². The first-order chi connectivity index (χ1) is 12.7. The van der Waals surface area contributed by atoms with Crippen molar-refractivity contribution in [2.75, 3.05) is 13.1 Å². The number of hydrogen-bond donors (Lipinski definition) is 0. The lowest BCUT2D eigenvalue weighted by Crippen LogP contribution is -2.49. The molecule has 0 N–H and O–H groups in total. The van der Waals surface area contributed by atoms with Gasteiger partial charge >= 0.3 is 0 Å². The van der Waals surface area contributed by atoms with Crippen molar-refractivity contribution in [1.29, 1.82) is 0 Å². The summed E-state index contributed by atoms with van der Waals surface area (Å²) in [6.45, 7) is 3.59. The van der Waals surface area contributed by atoms with Crippen LogP contribution in [-0.2, 0) is 25.9 Å². The van der Waals surface area contributed by atoms with Crippen LogP contribution in [0.5, 0.6) is 0 Å². The summed E-state index contributed by atoms with van der Waals surface area (Å²) in [6.07, 6.45) is 8.51. The number of aromatic nitrogens is 4. The smallest absolute Gasteiger partial charge is 0.267 e. The molecule has 0 unspecified atom stereocenters. The molecule has 0 bridgehead atoms. The Morgan fingerprint density at radius 3 is 2.92 bits per heavy atom. The minimum Gasteiger partial charge on any atom is -0.307 e. The standard InChI is InChI=1S/C20H23N5O/c26-20-9-16-5-1-2-6-18(16)22-25(20)12-15-10-23(11-15)13-17-14-24-8-4-3-7-19(24)21-17/h3-4,7-9,14-15H,1-2,5-6,10-13H2. The summed E-state index contributed by atoms with van der Waals surface area (Å²) < 4.78 is 3.75. The van der Waals surface area contributed by atoms with E-state index >= 15 is 0 Å². The first kappa shape index (κ1) is 15.8. The molecule has 0 radical (unpaired) electrons. The number of hydrogen-bond acceptors (Lipinski definition) is 4. The number of fused-ring (bicyclic) bond motifs is 2. The monoisotopic (exact) mass is 349 g/mol. The lowest BCUT2D eigenvalue weighted by molar-refractivity contribution is 0.0753. The Labute approximate surface area is 152 Å². The summed E-state index contributed by atoms with van der Waals surface area (Å²) in [5.41, 5.74) is 4.45. The fraction of sp³-hybridized carbons (Fsp3) is 0.450. The van der Waals surface area contributed by atoms with Gasteiger partial charge in [-0.2, -0.15) is 5.10 Å². The van der Waals surface area contributed by atoms with E-state index in [1.54, 1.807) is 4.68 Å². The van der Waals surface area contributed by atoms with Gasteiger partial charge in [0.25, 0.3) is 5.56 Å². The van der Waals surface area contributed by atoms with E-state index in [0.717, 1.165) is 56.1 Å². The second kappa shape index (κ2) is 6.36. The molecule has 1 saturated heterocycles. The highest BCUT2D eigenvalue weighted by Gasteiger charge is 2.28. The van der Waals surface area contributed by atoms with Gasteiger partial charge in [0.1, 0.15) is 5.65 Å². The van der Waals surface area contributed by atoms with Crippen LogP contribution in [0.15, 0.2) is 41.5 Å². The van der Waals surface area contributed by atoms with Gasteiger partial charge in [0.05, 0.1) is 17.9 Å². The number of nitrogens with zero attached hydrogens (tertiary/aromatic N) is 5. The number of likely N-dealkylation sites (tertiary alicyclic amines) is 1. The molecule has 134 valence electrons. The molecule has 0 amide bonds. The van der Waals surface area contributed by atoms with Crippen LogP contribution < -0.4 is 5.56 Å². The molecule has 3 aromatic rings. The molecule has 1 fully saturated rings. The Morgan fingerprint density at radius 2 is 2.04 bits per heavy atom. The van der Waals surface area contributed by atoms with E-state index in [-0.39, 0.29) is 5.56 Å². The molecule has 6 heteroatoms. The van der Waals surface area contributed by atoms with Gasteiger partial charge in [0.15, 0.2) is 0 Å². The Bertz CT molecular complexity index is 966. The minimum absolute atomic E-state index is 0.0597. The van der Waals surface area contributed by atoms with Crippen LogP contribution in [0.25, 0.3) is 5.65 Å². The molecular formula is C20H23N5O.